The third kappa shape index (κ3) is 3.90. The Kier molecular flexibility index (Phi) is 4.72. The summed E-state index contributed by atoms with van der Waals surface area (Å²) in [6.45, 7) is 1.44. The predicted molar refractivity (Wildman–Crippen MR) is 112 cm³/mol. The molecule has 1 saturated heterocycles. The molecule has 0 aliphatic carbocycles. The molecule has 1 fully saturated rings. The van der Waals surface area contributed by atoms with E-state index in [4.69, 9.17) is 0 Å². The molecule has 1 atom stereocenters. The third-order valence-corrected chi connectivity index (χ3v) is 5.39. The predicted octanol–water partition coefficient (Wildman–Crippen LogP) is 4.50. The largest absolute Gasteiger partial charge is 0.416 e. The molecule has 1 aliphatic heterocycles. The Morgan fingerprint density at radius 2 is 1.68 bits per heavy atom. The van der Waals surface area contributed by atoms with Crippen molar-refractivity contribution in [3.63, 3.8) is 0 Å². The van der Waals surface area contributed by atoms with Crippen LogP contribution >= 0.6 is 0 Å². The molecule has 4 aromatic rings. The van der Waals surface area contributed by atoms with Crippen LogP contribution < -0.4 is 10.2 Å². The fourth-order valence-electron chi connectivity index (χ4n) is 3.82. The van der Waals surface area contributed by atoms with Crippen LogP contribution in [0.15, 0.2) is 66.7 Å². The molecule has 0 amide bonds. The molecule has 0 bridgehead atoms. The number of benzene rings is 2. The van der Waals surface area contributed by atoms with Gasteiger partial charge >= 0.3 is 6.18 Å². The van der Waals surface area contributed by atoms with Crippen LogP contribution in [-0.4, -0.2) is 38.9 Å². The second kappa shape index (κ2) is 7.57. The normalized spacial score (nSPS) is 16.7. The van der Waals surface area contributed by atoms with Crippen LogP contribution in [-0.2, 0) is 6.18 Å². The van der Waals surface area contributed by atoms with Gasteiger partial charge in [0.15, 0.2) is 11.5 Å². The monoisotopic (exact) mass is 424 g/mol. The van der Waals surface area contributed by atoms with Gasteiger partial charge in [-0.15, -0.1) is 15.3 Å². The lowest BCUT2D eigenvalue weighted by atomic mass is 10.2. The van der Waals surface area contributed by atoms with Crippen molar-refractivity contribution in [1.82, 2.24) is 19.8 Å². The summed E-state index contributed by atoms with van der Waals surface area (Å²) in [5, 5.41) is 16.5. The van der Waals surface area contributed by atoms with Gasteiger partial charge in [-0.25, -0.2) is 0 Å². The summed E-state index contributed by atoms with van der Waals surface area (Å²) in [4.78, 5) is 2.07. The number of hydrogen-bond donors (Lipinski definition) is 1. The second-order valence-corrected chi connectivity index (χ2v) is 7.50. The standard InChI is InChI=1S/C22H19F3N6/c23-22(24,25)16-6-8-18(9-7-16)30-13-12-17(14-30)26-19-10-11-20-27-28-21(31(20)29-19)15-4-2-1-3-5-15/h1-11,17H,12-14H2,(H,26,29). The molecule has 9 heteroatoms. The quantitative estimate of drug-likeness (QED) is 0.523. The Hall–Kier alpha value is -3.62. The number of alkyl halides is 3. The average molecular weight is 424 g/mol. The van der Waals surface area contributed by atoms with Crippen molar-refractivity contribution >= 4 is 17.2 Å². The zero-order valence-electron chi connectivity index (χ0n) is 16.4. The minimum absolute atomic E-state index is 0.129. The zero-order chi connectivity index (χ0) is 21.4. The maximum atomic E-state index is 12.8. The molecule has 5 rings (SSSR count). The van der Waals surface area contributed by atoms with Gasteiger partial charge in [-0.2, -0.15) is 17.7 Å². The molecule has 0 radical (unpaired) electrons. The van der Waals surface area contributed by atoms with Gasteiger partial charge in [0.2, 0.25) is 0 Å². The van der Waals surface area contributed by atoms with Crippen molar-refractivity contribution in [3.8, 4) is 11.4 Å². The van der Waals surface area contributed by atoms with E-state index in [-0.39, 0.29) is 6.04 Å². The van der Waals surface area contributed by atoms with Gasteiger partial charge in [0.25, 0.3) is 0 Å². The Labute approximate surface area is 176 Å². The maximum absolute atomic E-state index is 12.8. The Morgan fingerprint density at radius 1 is 0.903 bits per heavy atom. The van der Waals surface area contributed by atoms with E-state index in [9.17, 15) is 13.2 Å². The molecule has 31 heavy (non-hydrogen) atoms. The summed E-state index contributed by atoms with van der Waals surface area (Å²) in [7, 11) is 0. The van der Waals surface area contributed by atoms with E-state index >= 15 is 0 Å². The number of nitrogens with zero attached hydrogens (tertiary/aromatic N) is 5. The summed E-state index contributed by atoms with van der Waals surface area (Å²) in [6.07, 6.45) is -3.47. The van der Waals surface area contributed by atoms with Crippen molar-refractivity contribution < 1.29 is 13.2 Å². The van der Waals surface area contributed by atoms with Crippen LogP contribution in [0.5, 0.6) is 0 Å². The molecule has 158 valence electrons. The van der Waals surface area contributed by atoms with Crippen LogP contribution in [0.2, 0.25) is 0 Å². The van der Waals surface area contributed by atoms with E-state index in [0.717, 1.165) is 36.3 Å². The minimum atomic E-state index is -4.32. The molecule has 1 N–H and O–H groups in total. The Balaban J connectivity index is 1.31. The number of nitrogens with one attached hydrogen (secondary N) is 1. The van der Waals surface area contributed by atoms with E-state index < -0.39 is 11.7 Å². The van der Waals surface area contributed by atoms with Crippen molar-refractivity contribution in [1.29, 1.82) is 0 Å². The van der Waals surface area contributed by atoms with E-state index in [1.54, 1.807) is 4.52 Å². The lowest BCUT2D eigenvalue weighted by molar-refractivity contribution is -0.137. The van der Waals surface area contributed by atoms with Crippen molar-refractivity contribution in [2.75, 3.05) is 23.3 Å². The van der Waals surface area contributed by atoms with Crippen molar-refractivity contribution in [2.24, 2.45) is 0 Å². The van der Waals surface area contributed by atoms with Gasteiger partial charge in [0, 0.05) is 30.4 Å². The van der Waals surface area contributed by atoms with Crippen LogP contribution in [0.25, 0.3) is 17.0 Å². The first kappa shape index (κ1) is 19.3. The maximum Gasteiger partial charge on any atom is 0.416 e. The van der Waals surface area contributed by atoms with Gasteiger partial charge in [-0.05, 0) is 42.8 Å². The molecule has 0 spiro atoms. The number of halogens is 3. The lowest BCUT2D eigenvalue weighted by Gasteiger charge is -2.20. The number of hydrogen-bond acceptors (Lipinski definition) is 5. The molecule has 1 unspecified atom stereocenters. The average Bonchev–Trinajstić information content (AvgIpc) is 3.41. The zero-order valence-corrected chi connectivity index (χ0v) is 16.4. The molecule has 0 saturated carbocycles. The van der Waals surface area contributed by atoms with Crippen LogP contribution in [0, 0.1) is 0 Å². The summed E-state index contributed by atoms with van der Waals surface area (Å²) in [6, 6.07) is 18.9. The highest BCUT2D eigenvalue weighted by atomic mass is 19.4. The Morgan fingerprint density at radius 3 is 2.42 bits per heavy atom. The van der Waals surface area contributed by atoms with E-state index in [1.165, 1.54) is 12.1 Å². The van der Waals surface area contributed by atoms with Gasteiger partial charge in [0.05, 0.1) is 5.56 Å². The van der Waals surface area contributed by atoms with Crippen LogP contribution in [0.3, 0.4) is 0 Å². The van der Waals surface area contributed by atoms with Crippen LogP contribution in [0.1, 0.15) is 12.0 Å². The van der Waals surface area contributed by atoms with Crippen molar-refractivity contribution in [3.05, 3.63) is 72.3 Å². The van der Waals surface area contributed by atoms with Gasteiger partial charge in [-0.1, -0.05) is 30.3 Å². The first-order chi connectivity index (χ1) is 15.0. The van der Waals surface area contributed by atoms with E-state index in [0.29, 0.717) is 23.8 Å². The van der Waals surface area contributed by atoms with Gasteiger partial charge in [-0.3, -0.25) is 0 Å². The smallest absolute Gasteiger partial charge is 0.369 e. The summed E-state index contributed by atoms with van der Waals surface area (Å²) in [5.41, 5.74) is 1.73. The SMILES string of the molecule is FC(F)(F)c1ccc(N2CCC(Nc3ccc4nnc(-c5ccccc5)n4n3)C2)cc1. The van der Waals surface area contributed by atoms with Gasteiger partial charge < -0.3 is 10.2 Å². The lowest BCUT2D eigenvalue weighted by Crippen LogP contribution is -2.26. The van der Waals surface area contributed by atoms with Crippen LogP contribution in [0.4, 0.5) is 24.7 Å². The summed E-state index contributed by atoms with van der Waals surface area (Å²) in [5.74, 6) is 1.36. The highest BCUT2D eigenvalue weighted by molar-refractivity contribution is 5.59. The fourth-order valence-corrected chi connectivity index (χ4v) is 3.82. The van der Waals surface area contributed by atoms with E-state index in [1.807, 2.05) is 42.5 Å². The molecule has 6 nitrogen and oxygen atoms in total. The number of fused-ring (bicyclic) bond motifs is 1. The molecular weight excluding hydrogens is 405 g/mol. The highest BCUT2D eigenvalue weighted by Gasteiger charge is 2.30. The molecule has 2 aromatic heterocycles. The molecule has 3 heterocycles. The fraction of sp³-hybridized carbons (Fsp3) is 0.227. The van der Waals surface area contributed by atoms with Crippen molar-refractivity contribution in [2.45, 2.75) is 18.6 Å². The minimum Gasteiger partial charge on any atom is -0.369 e. The highest BCUT2D eigenvalue weighted by Crippen LogP contribution is 2.31. The second-order valence-electron chi connectivity index (χ2n) is 7.50. The Bertz CT molecular complexity index is 1190. The van der Waals surface area contributed by atoms with E-state index in [2.05, 4.69) is 25.5 Å². The summed E-state index contributed by atoms with van der Waals surface area (Å²) < 4.78 is 40.1. The topological polar surface area (TPSA) is 58.3 Å². The molecule has 1 aliphatic rings. The first-order valence-electron chi connectivity index (χ1n) is 9.94. The first-order valence-corrected chi connectivity index (χ1v) is 9.94. The molecule has 2 aromatic carbocycles. The number of anilines is 2. The molecular formula is C22H19F3N6. The number of aromatic nitrogens is 4. The summed E-state index contributed by atoms with van der Waals surface area (Å²) >= 11 is 0. The number of rotatable bonds is 4. The van der Waals surface area contributed by atoms with Gasteiger partial charge in [0.1, 0.15) is 5.82 Å². The third-order valence-electron chi connectivity index (χ3n) is 5.39.